The molecule has 2 nitrogen and oxygen atoms in total. The van der Waals surface area contributed by atoms with Gasteiger partial charge in [-0.15, -0.1) is 11.8 Å². The topological polar surface area (TPSA) is 29.5 Å². The number of ether oxygens (including phenoxy) is 1. The van der Waals surface area contributed by atoms with Crippen molar-refractivity contribution in [3.8, 4) is 0 Å². The Bertz CT molecular complexity index is 149. The van der Waals surface area contributed by atoms with E-state index in [2.05, 4.69) is 0 Å². The Labute approximate surface area is 86.1 Å². The van der Waals surface area contributed by atoms with Gasteiger partial charge in [-0.3, -0.25) is 0 Å². The van der Waals surface area contributed by atoms with Gasteiger partial charge in [0.2, 0.25) is 0 Å². The summed E-state index contributed by atoms with van der Waals surface area (Å²) in [5.74, 6) is 0. The lowest BCUT2D eigenvalue weighted by molar-refractivity contribution is -0.0495. The van der Waals surface area contributed by atoms with Gasteiger partial charge in [0.25, 0.3) is 0 Å². The third-order valence-electron chi connectivity index (χ3n) is 1.76. The van der Waals surface area contributed by atoms with Gasteiger partial charge in [-0.2, -0.15) is 0 Å². The summed E-state index contributed by atoms with van der Waals surface area (Å²) < 4.78 is 5.77. The van der Waals surface area contributed by atoms with Crippen molar-refractivity contribution < 1.29 is 9.84 Å². The molecule has 0 fully saturated rings. The number of thioether (sulfide) groups is 1. The molecule has 0 bridgehead atoms. The predicted molar refractivity (Wildman–Crippen MR) is 59.1 cm³/mol. The Morgan fingerprint density at radius 1 is 1.31 bits per heavy atom. The molecule has 0 aliphatic rings. The normalized spacial score (nSPS) is 15.9. The first-order valence-corrected chi connectivity index (χ1v) is 5.84. The fourth-order valence-electron chi connectivity index (χ4n) is 1.28. The van der Waals surface area contributed by atoms with Crippen molar-refractivity contribution >= 4 is 11.8 Å². The molecule has 0 rings (SSSR count). The van der Waals surface area contributed by atoms with E-state index in [-0.39, 0.29) is 11.0 Å². The van der Waals surface area contributed by atoms with Gasteiger partial charge < -0.3 is 9.84 Å². The van der Waals surface area contributed by atoms with Crippen molar-refractivity contribution in [2.45, 2.75) is 57.7 Å². The molecule has 0 saturated heterocycles. The van der Waals surface area contributed by atoms with E-state index >= 15 is 0 Å². The second kappa shape index (κ2) is 4.67. The summed E-state index contributed by atoms with van der Waals surface area (Å²) in [6.07, 6.45) is 2.77. The summed E-state index contributed by atoms with van der Waals surface area (Å²) in [5, 5.41) is 9.57. The quantitative estimate of drug-likeness (QED) is 0.701. The van der Waals surface area contributed by atoms with E-state index in [0.29, 0.717) is 6.42 Å². The first kappa shape index (κ1) is 13.3. The molecule has 0 spiro atoms. The molecule has 0 aliphatic heterocycles. The van der Waals surface area contributed by atoms with Crippen LogP contribution in [-0.4, -0.2) is 28.0 Å². The van der Waals surface area contributed by atoms with Crippen LogP contribution < -0.4 is 0 Å². The van der Waals surface area contributed by atoms with Gasteiger partial charge in [-0.1, -0.05) is 0 Å². The van der Waals surface area contributed by atoms with Gasteiger partial charge in [-0.05, 0) is 40.9 Å². The summed E-state index contributed by atoms with van der Waals surface area (Å²) in [6, 6.07) is 0. The Morgan fingerprint density at radius 2 is 1.77 bits per heavy atom. The summed E-state index contributed by atoms with van der Waals surface area (Å²) in [6.45, 7) is 9.69. The van der Waals surface area contributed by atoms with Crippen molar-refractivity contribution in [3.05, 3.63) is 0 Å². The summed E-state index contributed by atoms with van der Waals surface area (Å²) in [7, 11) is 0. The largest absolute Gasteiger partial charge is 0.390 e. The molecule has 3 heteroatoms. The van der Waals surface area contributed by atoms with Crippen LogP contribution in [0.5, 0.6) is 0 Å². The average molecular weight is 206 g/mol. The zero-order chi connectivity index (χ0) is 10.7. The number of hydrogen-bond donors (Lipinski definition) is 1. The van der Waals surface area contributed by atoms with Crippen LogP contribution in [0.3, 0.4) is 0 Å². The molecule has 1 N–H and O–H groups in total. The SMILES string of the molecule is CSC(C)(C)OC(C)CC(C)(C)O. The van der Waals surface area contributed by atoms with Crippen LogP contribution >= 0.6 is 11.8 Å². The molecule has 1 atom stereocenters. The molecule has 0 radical (unpaired) electrons. The van der Waals surface area contributed by atoms with Crippen LogP contribution in [0.4, 0.5) is 0 Å². The zero-order valence-corrected chi connectivity index (χ0v) is 10.4. The van der Waals surface area contributed by atoms with E-state index in [1.165, 1.54) is 0 Å². The Kier molecular flexibility index (Phi) is 4.77. The maximum atomic E-state index is 9.57. The lowest BCUT2D eigenvalue weighted by Crippen LogP contribution is -2.31. The predicted octanol–water partition coefficient (Wildman–Crippen LogP) is 2.65. The molecule has 0 aromatic carbocycles. The molecule has 0 heterocycles. The van der Waals surface area contributed by atoms with E-state index in [1.54, 1.807) is 25.6 Å². The molecular weight excluding hydrogens is 184 g/mol. The van der Waals surface area contributed by atoms with Crippen LogP contribution in [0.2, 0.25) is 0 Å². The molecule has 0 amide bonds. The second-order valence-corrected chi connectivity index (χ2v) is 5.94. The zero-order valence-electron chi connectivity index (χ0n) is 9.55. The number of aliphatic hydroxyl groups is 1. The van der Waals surface area contributed by atoms with Crippen LogP contribution in [0.15, 0.2) is 0 Å². The minimum Gasteiger partial charge on any atom is -0.390 e. The summed E-state index contributed by atoms with van der Waals surface area (Å²) in [5.41, 5.74) is -0.645. The van der Waals surface area contributed by atoms with Crippen molar-refractivity contribution in [3.63, 3.8) is 0 Å². The third-order valence-corrected chi connectivity index (χ3v) is 2.84. The van der Waals surface area contributed by atoms with E-state index < -0.39 is 5.60 Å². The molecule has 0 saturated carbocycles. The lowest BCUT2D eigenvalue weighted by Gasteiger charge is -2.30. The number of rotatable bonds is 5. The maximum Gasteiger partial charge on any atom is 0.108 e. The molecule has 0 aromatic rings. The minimum absolute atomic E-state index is 0.0856. The monoisotopic (exact) mass is 206 g/mol. The van der Waals surface area contributed by atoms with Gasteiger partial charge in [0.15, 0.2) is 0 Å². The fraction of sp³-hybridized carbons (Fsp3) is 1.00. The van der Waals surface area contributed by atoms with E-state index in [0.717, 1.165) is 0 Å². The highest BCUT2D eigenvalue weighted by molar-refractivity contribution is 7.99. The first-order chi connectivity index (χ1) is 5.66. The lowest BCUT2D eigenvalue weighted by atomic mass is 10.0. The van der Waals surface area contributed by atoms with Crippen molar-refractivity contribution in [1.29, 1.82) is 0 Å². The number of hydrogen-bond acceptors (Lipinski definition) is 3. The average Bonchev–Trinajstić information content (AvgIpc) is 1.81. The standard InChI is InChI=1S/C10H22O2S/c1-8(7-9(2,3)11)12-10(4,5)13-6/h8,11H,7H2,1-6H3. The van der Waals surface area contributed by atoms with E-state index in [1.807, 2.05) is 27.0 Å². The summed E-state index contributed by atoms with van der Waals surface area (Å²) in [4.78, 5) is -0.162. The van der Waals surface area contributed by atoms with Gasteiger partial charge in [-0.25, -0.2) is 0 Å². The molecule has 80 valence electrons. The van der Waals surface area contributed by atoms with Crippen LogP contribution in [0.25, 0.3) is 0 Å². The van der Waals surface area contributed by atoms with E-state index in [4.69, 9.17) is 4.74 Å². The maximum absolute atomic E-state index is 9.57. The van der Waals surface area contributed by atoms with Gasteiger partial charge in [0.05, 0.1) is 11.7 Å². The molecule has 0 aliphatic carbocycles. The van der Waals surface area contributed by atoms with Crippen LogP contribution in [0, 0.1) is 0 Å². The molecule has 13 heavy (non-hydrogen) atoms. The van der Waals surface area contributed by atoms with Gasteiger partial charge >= 0.3 is 0 Å². The summed E-state index contributed by atoms with van der Waals surface area (Å²) >= 11 is 1.68. The second-order valence-electron chi connectivity index (χ2n) is 4.55. The van der Waals surface area contributed by atoms with E-state index in [9.17, 15) is 5.11 Å². The third kappa shape index (κ3) is 7.35. The Hall–Kier alpha value is 0.270. The fourth-order valence-corrected chi connectivity index (χ4v) is 1.54. The highest BCUT2D eigenvalue weighted by Gasteiger charge is 2.24. The van der Waals surface area contributed by atoms with Crippen molar-refractivity contribution in [2.75, 3.05) is 6.26 Å². The molecular formula is C10H22O2S. The van der Waals surface area contributed by atoms with Gasteiger partial charge in [0.1, 0.15) is 4.93 Å². The van der Waals surface area contributed by atoms with Crippen molar-refractivity contribution in [2.24, 2.45) is 0 Å². The molecule has 1 unspecified atom stereocenters. The first-order valence-electron chi connectivity index (χ1n) is 4.61. The van der Waals surface area contributed by atoms with Crippen LogP contribution in [0.1, 0.15) is 41.0 Å². The smallest absolute Gasteiger partial charge is 0.108 e. The Morgan fingerprint density at radius 3 is 2.08 bits per heavy atom. The van der Waals surface area contributed by atoms with Crippen LogP contribution in [-0.2, 0) is 4.74 Å². The molecule has 0 aromatic heterocycles. The highest BCUT2D eigenvalue weighted by atomic mass is 32.2. The Balaban J connectivity index is 3.94. The minimum atomic E-state index is -0.645. The van der Waals surface area contributed by atoms with Gasteiger partial charge in [0, 0.05) is 6.42 Å². The highest BCUT2D eigenvalue weighted by Crippen LogP contribution is 2.26. The van der Waals surface area contributed by atoms with Crippen molar-refractivity contribution in [1.82, 2.24) is 0 Å².